The summed E-state index contributed by atoms with van der Waals surface area (Å²) < 4.78 is 0. The minimum absolute atomic E-state index is 0.176. The van der Waals surface area contributed by atoms with Gasteiger partial charge < -0.3 is 5.11 Å². The van der Waals surface area contributed by atoms with Gasteiger partial charge in [-0.3, -0.25) is 9.98 Å². The summed E-state index contributed by atoms with van der Waals surface area (Å²) in [5, 5.41) is 9.18. The van der Waals surface area contributed by atoms with Crippen molar-refractivity contribution in [2.45, 2.75) is 6.04 Å². The van der Waals surface area contributed by atoms with Crippen LogP contribution in [-0.2, 0) is 4.79 Å². The SMILES string of the molecule is O=C(O)C1CN=C(c2ccccc2)C(c2ccccc2)=N1. The summed E-state index contributed by atoms with van der Waals surface area (Å²) in [6.07, 6.45) is 0. The molecule has 2 aromatic carbocycles. The van der Waals surface area contributed by atoms with Crippen molar-refractivity contribution >= 4 is 17.4 Å². The molecule has 1 unspecified atom stereocenters. The van der Waals surface area contributed by atoms with Gasteiger partial charge in [-0.05, 0) is 0 Å². The first-order valence-corrected chi connectivity index (χ1v) is 6.72. The van der Waals surface area contributed by atoms with Gasteiger partial charge in [-0.2, -0.15) is 0 Å². The first kappa shape index (κ1) is 13.2. The Kier molecular flexibility index (Phi) is 3.60. The van der Waals surface area contributed by atoms with Gasteiger partial charge in [0.2, 0.25) is 0 Å². The predicted octanol–water partition coefficient (Wildman–Crippen LogP) is 2.43. The third-order valence-corrected chi connectivity index (χ3v) is 3.31. The van der Waals surface area contributed by atoms with Gasteiger partial charge in [0.05, 0.1) is 18.0 Å². The Labute approximate surface area is 122 Å². The lowest BCUT2D eigenvalue weighted by Gasteiger charge is -2.18. The van der Waals surface area contributed by atoms with Gasteiger partial charge in [0.25, 0.3) is 0 Å². The van der Waals surface area contributed by atoms with Crippen molar-refractivity contribution in [3.63, 3.8) is 0 Å². The molecule has 0 bridgehead atoms. The first-order valence-electron chi connectivity index (χ1n) is 6.72. The Balaban J connectivity index is 2.08. The van der Waals surface area contributed by atoms with E-state index in [0.717, 1.165) is 16.8 Å². The van der Waals surface area contributed by atoms with E-state index in [1.807, 2.05) is 60.7 Å². The van der Waals surface area contributed by atoms with Crippen LogP contribution in [0.15, 0.2) is 70.6 Å². The average molecular weight is 278 g/mol. The molecule has 4 nitrogen and oxygen atoms in total. The van der Waals surface area contributed by atoms with E-state index in [-0.39, 0.29) is 6.54 Å². The molecule has 1 heterocycles. The molecule has 0 fully saturated rings. The van der Waals surface area contributed by atoms with Crippen LogP contribution in [0.2, 0.25) is 0 Å². The third-order valence-electron chi connectivity index (χ3n) is 3.31. The summed E-state index contributed by atoms with van der Waals surface area (Å²) >= 11 is 0. The van der Waals surface area contributed by atoms with Gasteiger partial charge in [0.15, 0.2) is 6.04 Å². The van der Waals surface area contributed by atoms with Gasteiger partial charge in [-0.1, -0.05) is 60.7 Å². The molecule has 1 aliphatic heterocycles. The zero-order valence-electron chi connectivity index (χ0n) is 11.3. The molecule has 104 valence electrons. The van der Waals surface area contributed by atoms with Gasteiger partial charge >= 0.3 is 5.97 Å². The van der Waals surface area contributed by atoms with Crippen molar-refractivity contribution in [3.8, 4) is 0 Å². The number of hydrogen-bond donors (Lipinski definition) is 1. The monoisotopic (exact) mass is 278 g/mol. The zero-order valence-corrected chi connectivity index (χ0v) is 11.3. The number of hydrogen-bond acceptors (Lipinski definition) is 3. The molecule has 4 heteroatoms. The molecule has 21 heavy (non-hydrogen) atoms. The van der Waals surface area contributed by atoms with Crippen LogP contribution < -0.4 is 0 Å². The van der Waals surface area contributed by atoms with Crippen molar-refractivity contribution in [2.75, 3.05) is 6.54 Å². The van der Waals surface area contributed by atoms with Crippen molar-refractivity contribution in [2.24, 2.45) is 9.98 Å². The highest BCUT2D eigenvalue weighted by atomic mass is 16.4. The highest BCUT2D eigenvalue weighted by Gasteiger charge is 2.25. The molecular formula is C17H14N2O2. The molecule has 0 amide bonds. The van der Waals surface area contributed by atoms with Crippen LogP contribution >= 0.6 is 0 Å². The second-order valence-corrected chi connectivity index (χ2v) is 4.75. The van der Waals surface area contributed by atoms with Crippen LogP contribution in [0.1, 0.15) is 11.1 Å². The summed E-state index contributed by atoms with van der Waals surface area (Å²) in [5.41, 5.74) is 3.22. The lowest BCUT2D eigenvalue weighted by molar-refractivity contribution is -0.138. The molecule has 1 N–H and O–H groups in total. The Morgan fingerprint density at radius 1 is 0.905 bits per heavy atom. The Bertz CT molecular complexity index is 706. The van der Waals surface area contributed by atoms with Crippen LogP contribution in [0.4, 0.5) is 0 Å². The van der Waals surface area contributed by atoms with E-state index in [0.29, 0.717) is 5.71 Å². The van der Waals surface area contributed by atoms with Gasteiger partial charge in [0, 0.05) is 11.1 Å². The van der Waals surface area contributed by atoms with E-state index in [9.17, 15) is 9.90 Å². The molecule has 0 aromatic heterocycles. The molecule has 0 radical (unpaired) electrons. The van der Waals surface area contributed by atoms with Crippen molar-refractivity contribution < 1.29 is 9.90 Å². The fourth-order valence-corrected chi connectivity index (χ4v) is 2.28. The predicted molar refractivity (Wildman–Crippen MR) is 82.2 cm³/mol. The first-order chi connectivity index (χ1) is 10.3. The number of aliphatic carboxylic acids is 1. The molecule has 1 atom stereocenters. The van der Waals surface area contributed by atoms with Crippen LogP contribution in [0.25, 0.3) is 0 Å². The number of aliphatic imine (C=N–C) groups is 2. The molecule has 2 aromatic rings. The molecule has 0 aliphatic carbocycles. The number of carboxylic acids is 1. The number of carbonyl (C=O) groups is 1. The summed E-state index contributed by atoms with van der Waals surface area (Å²) in [6, 6.07) is 18.5. The number of nitrogens with zero attached hydrogens (tertiary/aromatic N) is 2. The fourth-order valence-electron chi connectivity index (χ4n) is 2.28. The highest BCUT2D eigenvalue weighted by Crippen LogP contribution is 2.15. The second kappa shape index (κ2) is 5.71. The fraction of sp³-hybridized carbons (Fsp3) is 0.118. The summed E-state index contributed by atoms with van der Waals surface area (Å²) in [4.78, 5) is 20.1. The molecule has 1 aliphatic rings. The Hall–Kier alpha value is -2.75. The van der Waals surface area contributed by atoms with E-state index in [2.05, 4.69) is 9.98 Å². The quantitative estimate of drug-likeness (QED) is 0.937. The lowest BCUT2D eigenvalue weighted by atomic mass is 9.98. The summed E-state index contributed by atoms with van der Waals surface area (Å²) in [7, 11) is 0. The minimum Gasteiger partial charge on any atom is -0.480 e. The topological polar surface area (TPSA) is 62.0 Å². The smallest absolute Gasteiger partial charge is 0.330 e. The Morgan fingerprint density at radius 3 is 1.95 bits per heavy atom. The summed E-state index contributed by atoms with van der Waals surface area (Å²) in [6.45, 7) is 0.176. The lowest BCUT2D eigenvalue weighted by Crippen LogP contribution is -2.32. The Morgan fingerprint density at radius 2 is 1.43 bits per heavy atom. The summed E-state index contributed by atoms with van der Waals surface area (Å²) in [5.74, 6) is -0.945. The highest BCUT2D eigenvalue weighted by molar-refractivity contribution is 6.54. The second-order valence-electron chi connectivity index (χ2n) is 4.75. The van der Waals surface area contributed by atoms with Gasteiger partial charge in [-0.25, -0.2) is 4.79 Å². The van der Waals surface area contributed by atoms with Crippen LogP contribution in [0.3, 0.4) is 0 Å². The van der Waals surface area contributed by atoms with E-state index in [1.54, 1.807) is 0 Å². The van der Waals surface area contributed by atoms with Crippen LogP contribution in [0, 0.1) is 0 Å². The van der Waals surface area contributed by atoms with Crippen molar-refractivity contribution in [1.82, 2.24) is 0 Å². The largest absolute Gasteiger partial charge is 0.480 e. The van der Waals surface area contributed by atoms with Crippen LogP contribution in [-0.4, -0.2) is 35.1 Å². The maximum atomic E-state index is 11.2. The standard InChI is InChI=1S/C17H14N2O2/c20-17(21)14-11-18-15(12-7-3-1-4-8-12)16(19-14)13-9-5-2-6-10-13/h1-10,14H,11H2,(H,20,21). The van der Waals surface area contributed by atoms with E-state index in [1.165, 1.54) is 0 Å². The molecular weight excluding hydrogens is 264 g/mol. The zero-order chi connectivity index (χ0) is 14.7. The molecule has 0 saturated carbocycles. The maximum absolute atomic E-state index is 11.2. The minimum atomic E-state index is -0.945. The maximum Gasteiger partial charge on any atom is 0.330 e. The van der Waals surface area contributed by atoms with E-state index < -0.39 is 12.0 Å². The van der Waals surface area contributed by atoms with Crippen molar-refractivity contribution in [3.05, 3.63) is 71.8 Å². The van der Waals surface area contributed by atoms with Crippen LogP contribution in [0.5, 0.6) is 0 Å². The third kappa shape index (κ3) is 2.74. The number of benzene rings is 2. The average Bonchev–Trinajstić information content (AvgIpc) is 2.56. The normalized spacial score (nSPS) is 17.8. The van der Waals surface area contributed by atoms with Crippen molar-refractivity contribution in [1.29, 1.82) is 0 Å². The van der Waals surface area contributed by atoms with Gasteiger partial charge in [0.1, 0.15) is 0 Å². The molecule has 0 saturated heterocycles. The molecule has 0 spiro atoms. The number of carboxylic acid groups (broad SMARTS) is 1. The number of rotatable bonds is 3. The van der Waals surface area contributed by atoms with Gasteiger partial charge in [-0.15, -0.1) is 0 Å². The van der Waals surface area contributed by atoms with E-state index >= 15 is 0 Å². The van der Waals surface area contributed by atoms with E-state index in [4.69, 9.17) is 0 Å². The molecule has 3 rings (SSSR count).